The zero-order valence-corrected chi connectivity index (χ0v) is 16.9. The standard InChI is InChI=1S/C20H28N6O4/c27-17-6-2-1-5-15(17)16-12-26(24-23-16)11-13-4-3-7-25(10-13)19(29)9-14-8-18(28)22-20(30)21-14/h8,12-13,15,17,27H,1-7,9-11H2,(H2,21,22,28,30). The summed E-state index contributed by atoms with van der Waals surface area (Å²) in [5.41, 5.74) is 0.0575. The number of aromatic nitrogens is 5. The third-order valence-electron chi connectivity index (χ3n) is 6.14. The van der Waals surface area contributed by atoms with Crippen molar-refractivity contribution in [2.24, 2.45) is 5.92 Å². The summed E-state index contributed by atoms with van der Waals surface area (Å²) in [6.45, 7) is 1.94. The van der Waals surface area contributed by atoms with Gasteiger partial charge in [0.2, 0.25) is 5.91 Å². The number of H-pyrrole nitrogens is 2. The fraction of sp³-hybridized carbons (Fsp3) is 0.650. The maximum absolute atomic E-state index is 12.7. The van der Waals surface area contributed by atoms with E-state index in [-0.39, 0.29) is 30.3 Å². The molecule has 0 bridgehead atoms. The van der Waals surface area contributed by atoms with Crippen LogP contribution in [0.2, 0.25) is 0 Å². The molecule has 10 nitrogen and oxygen atoms in total. The number of carbonyl (C=O) groups excluding carboxylic acids is 1. The normalized spacial score (nSPS) is 24.7. The minimum atomic E-state index is -0.605. The summed E-state index contributed by atoms with van der Waals surface area (Å²) in [7, 11) is 0. The lowest BCUT2D eigenvalue weighted by molar-refractivity contribution is -0.132. The monoisotopic (exact) mass is 416 g/mol. The first-order valence-corrected chi connectivity index (χ1v) is 10.7. The van der Waals surface area contributed by atoms with E-state index in [1.807, 2.05) is 10.9 Å². The first-order chi connectivity index (χ1) is 14.5. The first-order valence-electron chi connectivity index (χ1n) is 10.7. The number of nitrogens with zero attached hydrogens (tertiary/aromatic N) is 4. The van der Waals surface area contributed by atoms with Crippen LogP contribution in [0.5, 0.6) is 0 Å². The second-order valence-corrected chi connectivity index (χ2v) is 8.46. The first kappa shape index (κ1) is 20.5. The molecule has 2 fully saturated rings. The molecule has 30 heavy (non-hydrogen) atoms. The lowest BCUT2D eigenvalue weighted by atomic mass is 9.85. The largest absolute Gasteiger partial charge is 0.392 e. The minimum Gasteiger partial charge on any atom is -0.392 e. The van der Waals surface area contributed by atoms with Gasteiger partial charge < -0.3 is 15.0 Å². The van der Waals surface area contributed by atoms with E-state index in [1.54, 1.807) is 4.90 Å². The molecular weight excluding hydrogens is 388 g/mol. The Balaban J connectivity index is 1.35. The van der Waals surface area contributed by atoms with Crippen molar-refractivity contribution in [3.05, 3.63) is 44.5 Å². The van der Waals surface area contributed by atoms with Gasteiger partial charge in [-0.05, 0) is 31.6 Å². The highest BCUT2D eigenvalue weighted by Gasteiger charge is 2.28. The number of aromatic amines is 2. The summed E-state index contributed by atoms with van der Waals surface area (Å²) in [5.74, 6) is 0.213. The highest BCUT2D eigenvalue weighted by molar-refractivity contribution is 5.78. The Bertz CT molecular complexity index is 967. The molecule has 3 heterocycles. The van der Waals surface area contributed by atoms with E-state index in [0.717, 1.165) is 44.2 Å². The number of carbonyl (C=O) groups is 1. The van der Waals surface area contributed by atoms with Gasteiger partial charge in [-0.1, -0.05) is 18.1 Å². The van der Waals surface area contributed by atoms with E-state index in [2.05, 4.69) is 20.3 Å². The van der Waals surface area contributed by atoms with Crippen molar-refractivity contribution in [1.82, 2.24) is 29.9 Å². The number of hydrogen-bond acceptors (Lipinski definition) is 6. The summed E-state index contributed by atoms with van der Waals surface area (Å²) >= 11 is 0. The Morgan fingerprint density at radius 3 is 2.80 bits per heavy atom. The molecule has 1 amide bonds. The molecule has 0 aromatic carbocycles. The Hall–Kier alpha value is -2.75. The fourth-order valence-corrected chi connectivity index (χ4v) is 4.62. The van der Waals surface area contributed by atoms with Crippen LogP contribution in [0.25, 0.3) is 0 Å². The number of rotatable bonds is 5. The second kappa shape index (κ2) is 8.95. The second-order valence-electron chi connectivity index (χ2n) is 8.46. The van der Waals surface area contributed by atoms with Crippen LogP contribution in [-0.2, 0) is 17.8 Å². The van der Waals surface area contributed by atoms with Crippen LogP contribution < -0.4 is 11.2 Å². The molecule has 10 heteroatoms. The Kier molecular flexibility index (Phi) is 6.12. The molecule has 2 aromatic heterocycles. The number of aliphatic hydroxyl groups excluding tert-OH is 1. The van der Waals surface area contributed by atoms with E-state index >= 15 is 0 Å². The predicted molar refractivity (Wildman–Crippen MR) is 108 cm³/mol. The van der Waals surface area contributed by atoms with Gasteiger partial charge in [-0.15, -0.1) is 5.10 Å². The topological polar surface area (TPSA) is 137 Å². The number of piperidine rings is 1. The van der Waals surface area contributed by atoms with Gasteiger partial charge in [0.1, 0.15) is 0 Å². The minimum absolute atomic E-state index is 0.00107. The van der Waals surface area contributed by atoms with Gasteiger partial charge in [0.05, 0.1) is 18.2 Å². The highest BCUT2D eigenvalue weighted by atomic mass is 16.3. The summed E-state index contributed by atoms with van der Waals surface area (Å²) in [6.07, 6.45) is 7.39. The van der Waals surface area contributed by atoms with Crippen LogP contribution in [0.3, 0.4) is 0 Å². The van der Waals surface area contributed by atoms with Gasteiger partial charge in [0.25, 0.3) is 5.56 Å². The molecule has 3 unspecified atom stereocenters. The predicted octanol–water partition coefficient (Wildman–Crippen LogP) is 0.155. The van der Waals surface area contributed by atoms with Crippen molar-refractivity contribution in [3.8, 4) is 0 Å². The summed E-state index contributed by atoms with van der Waals surface area (Å²) < 4.78 is 1.82. The van der Waals surface area contributed by atoms with E-state index < -0.39 is 11.2 Å². The van der Waals surface area contributed by atoms with Gasteiger partial charge >= 0.3 is 5.69 Å². The molecule has 1 saturated heterocycles. The molecule has 1 aliphatic heterocycles. The third-order valence-corrected chi connectivity index (χ3v) is 6.14. The molecular formula is C20H28N6O4. The van der Waals surface area contributed by atoms with Crippen LogP contribution in [0.15, 0.2) is 21.9 Å². The number of hydrogen-bond donors (Lipinski definition) is 3. The molecule has 0 spiro atoms. The highest BCUT2D eigenvalue weighted by Crippen LogP contribution is 2.31. The van der Waals surface area contributed by atoms with Crippen molar-refractivity contribution < 1.29 is 9.90 Å². The zero-order valence-electron chi connectivity index (χ0n) is 16.9. The Morgan fingerprint density at radius 2 is 2.00 bits per heavy atom. The van der Waals surface area contributed by atoms with Crippen LogP contribution in [0.4, 0.5) is 0 Å². The zero-order chi connectivity index (χ0) is 21.1. The maximum atomic E-state index is 12.7. The number of aliphatic hydroxyl groups is 1. The molecule has 2 aliphatic rings. The van der Waals surface area contributed by atoms with Gasteiger partial charge in [0.15, 0.2) is 0 Å². The van der Waals surface area contributed by atoms with Crippen molar-refractivity contribution in [2.75, 3.05) is 13.1 Å². The average molecular weight is 416 g/mol. The van der Waals surface area contributed by atoms with Gasteiger partial charge in [0, 0.05) is 43.5 Å². The van der Waals surface area contributed by atoms with Crippen LogP contribution in [-0.4, -0.2) is 60.1 Å². The van der Waals surface area contributed by atoms with Crippen LogP contribution in [0.1, 0.15) is 55.8 Å². The van der Waals surface area contributed by atoms with Gasteiger partial charge in [-0.3, -0.25) is 19.3 Å². The van der Waals surface area contributed by atoms with Crippen LogP contribution in [0, 0.1) is 5.92 Å². The van der Waals surface area contributed by atoms with E-state index in [9.17, 15) is 19.5 Å². The lowest BCUT2D eigenvalue weighted by Crippen LogP contribution is -2.42. The molecule has 3 atom stereocenters. The number of nitrogens with one attached hydrogen (secondary N) is 2. The maximum Gasteiger partial charge on any atom is 0.325 e. The molecule has 162 valence electrons. The quantitative estimate of drug-likeness (QED) is 0.635. The van der Waals surface area contributed by atoms with Crippen LogP contribution >= 0.6 is 0 Å². The van der Waals surface area contributed by atoms with E-state index in [4.69, 9.17) is 0 Å². The number of amides is 1. The molecule has 1 saturated carbocycles. The Morgan fingerprint density at radius 1 is 1.17 bits per heavy atom. The smallest absolute Gasteiger partial charge is 0.325 e. The number of likely N-dealkylation sites (tertiary alicyclic amines) is 1. The lowest BCUT2D eigenvalue weighted by Gasteiger charge is -2.32. The molecule has 0 radical (unpaired) electrons. The summed E-state index contributed by atoms with van der Waals surface area (Å²) in [4.78, 5) is 41.9. The SMILES string of the molecule is O=C(Cc1cc(=O)[nH]c(=O)[nH]1)N1CCCC(Cn2cc(C3CCCCC3O)nn2)C1. The fourth-order valence-electron chi connectivity index (χ4n) is 4.62. The molecule has 2 aromatic rings. The Labute approximate surface area is 173 Å². The van der Waals surface area contributed by atoms with Crippen molar-refractivity contribution >= 4 is 5.91 Å². The van der Waals surface area contributed by atoms with E-state index in [1.165, 1.54) is 6.07 Å². The van der Waals surface area contributed by atoms with Crippen molar-refractivity contribution in [2.45, 2.75) is 63.5 Å². The average Bonchev–Trinajstić information content (AvgIpc) is 3.16. The molecule has 1 aliphatic carbocycles. The van der Waals surface area contributed by atoms with E-state index in [0.29, 0.717) is 25.3 Å². The molecule has 4 rings (SSSR count). The van der Waals surface area contributed by atoms with Gasteiger partial charge in [-0.25, -0.2) is 4.79 Å². The van der Waals surface area contributed by atoms with Gasteiger partial charge in [-0.2, -0.15) is 0 Å². The summed E-state index contributed by atoms with van der Waals surface area (Å²) in [5, 5.41) is 18.8. The molecule has 3 N–H and O–H groups in total. The summed E-state index contributed by atoms with van der Waals surface area (Å²) in [6, 6.07) is 1.25. The van der Waals surface area contributed by atoms with Crippen molar-refractivity contribution in [3.63, 3.8) is 0 Å². The third kappa shape index (κ3) is 4.86. The van der Waals surface area contributed by atoms with Crippen molar-refractivity contribution in [1.29, 1.82) is 0 Å².